The molecule has 7 rings (SSSR count). The lowest BCUT2D eigenvalue weighted by atomic mass is 9.98. The summed E-state index contributed by atoms with van der Waals surface area (Å²) in [7, 11) is 0. The van der Waals surface area contributed by atoms with E-state index in [4.69, 9.17) is 5.41 Å². The van der Waals surface area contributed by atoms with E-state index >= 15 is 0 Å². The predicted molar refractivity (Wildman–Crippen MR) is 151 cm³/mol. The van der Waals surface area contributed by atoms with Crippen LogP contribution in [0.2, 0.25) is 0 Å². The molecule has 0 aliphatic heterocycles. The van der Waals surface area contributed by atoms with Crippen molar-refractivity contribution >= 4 is 60.9 Å². The fourth-order valence-electron chi connectivity index (χ4n) is 5.41. The Balaban J connectivity index is 1.67. The second-order valence-electron chi connectivity index (χ2n) is 8.94. The lowest BCUT2D eigenvalue weighted by molar-refractivity contribution is 1.16. The number of anilines is 2. The molecule has 0 saturated heterocycles. The van der Waals surface area contributed by atoms with Gasteiger partial charge in [-0.2, -0.15) is 0 Å². The highest BCUT2D eigenvalue weighted by Crippen LogP contribution is 2.42. The highest BCUT2D eigenvalue weighted by Gasteiger charge is 2.20. The quantitative estimate of drug-likeness (QED) is 0.204. The maximum Gasteiger partial charge on any atom is 0.0625 e. The van der Waals surface area contributed by atoms with Crippen LogP contribution in [-0.2, 0) is 0 Å². The molecule has 0 spiro atoms. The van der Waals surface area contributed by atoms with Crippen LogP contribution in [0.5, 0.6) is 0 Å². The fraction of sp³-hybridized carbons (Fsp3) is 0. The van der Waals surface area contributed by atoms with Gasteiger partial charge < -0.3 is 15.3 Å². The number of hydrogen-bond donors (Lipinski definition) is 2. The summed E-state index contributed by atoms with van der Waals surface area (Å²) in [5, 5.41) is 19.0. The van der Waals surface area contributed by atoms with Crippen LogP contribution in [0, 0.1) is 5.41 Å². The Morgan fingerprint density at radius 2 is 1.42 bits per heavy atom. The Labute approximate surface area is 208 Å². The van der Waals surface area contributed by atoms with Gasteiger partial charge in [0.15, 0.2) is 0 Å². The van der Waals surface area contributed by atoms with Crippen LogP contribution in [0.3, 0.4) is 0 Å². The van der Waals surface area contributed by atoms with Crippen molar-refractivity contribution in [3.63, 3.8) is 0 Å². The van der Waals surface area contributed by atoms with Crippen molar-refractivity contribution in [2.24, 2.45) is 0 Å². The van der Waals surface area contributed by atoms with Gasteiger partial charge >= 0.3 is 0 Å². The van der Waals surface area contributed by atoms with E-state index in [1.165, 1.54) is 27.8 Å². The maximum absolute atomic E-state index is 8.43. The molecule has 5 aromatic carbocycles. The molecule has 0 bridgehead atoms. The number of hydrogen-bond acceptors (Lipinski definition) is 3. The standard InChI is InChI=1S/C32H22N4/c33-20-27-28(35-23-7-2-1-3-8-23)14-15-29-31(27)26-13-12-22-11-10-21-6-4-5-9-25(21)30(22)32(26)36(29)24-16-18-34-19-17-24/h1-20,33,35H. The van der Waals surface area contributed by atoms with Crippen molar-refractivity contribution in [1.82, 2.24) is 9.55 Å². The molecular weight excluding hydrogens is 440 g/mol. The number of aromatic nitrogens is 2. The number of para-hydroxylation sites is 1. The average molecular weight is 463 g/mol. The molecule has 36 heavy (non-hydrogen) atoms. The van der Waals surface area contributed by atoms with Gasteiger partial charge in [0.2, 0.25) is 0 Å². The number of pyridine rings is 1. The Bertz CT molecular complexity index is 1920. The first kappa shape index (κ1) is 20.4. The summed E-state index contributed by atoms with van der Waals surface area (Å²) in [6.45, 7) is 0. The lowest BCUT2D eigenvalue weighted by Crippen LogP contribution is -1.98. The van der Waals surface area contributed by atoms with E-state index in [0.29, 0.717) is 0 Å². The van der Waals surface area contributed by atoms with Gasteiger partial charge in [-0.05, 0) is 52.6 Å². The molecule has 0 aliphatic rings. The Hall–Kier alpha value is -4.96. The number of rotatable bonds is 4. The molecular formula is C32H22N4. The fourth-order valence-corrected chi connectivity index (χ4v) is 5.41. The van der Waals surface area contributed by atoms with Crippen LogP contribution in [0.4, 0.5) is 11.4 Å². The van der Waals surface area contributed by atoms with Crippen molar-refractivity contribution in [3.8, 4) is 5.69 Å². The zero-order valence-corrected chi connectivity index (χ0v) is 19.4. The smallest absolute Gasteiger partial charge is 0.0625 e. The SMILES string of the molecule is N=Cc1c(Nc2ccccc2)ccc2c1c1ccc3ccc4ccccc4c3c1n2-c1ccncc1. The molecule has 7 aromatic rings. The van der Waals surface area contributed by atoms with Gasteiger partial charge in [0, 0.05) is 57.4 Å². The van der Waals surface area contributed by atoms with Crippen molar-refractivity contribution in [2.75, 3.05) is 5.32 Å². The minimum Gasteiger partial charge on any atom is -0.355 e. The van der Waals surface area contributed by atoms with E-state index in [1.54, 1.807) is 0 Å². The Morgan fingerprint density at radius 1 is 0.667 bits per heavy atom. The molecule has 0 fully saturated rings. The number of nitrogens with one attached hydrogen (secondary N) is 2. The van der Waals surface area contributed by atoms with Crippen molar-refractivity contribution in [3.05, 3.63) is 121 Å². The van der Waals surface area contributed by atoms with E-state index in [-0.39, 0.29) is 0 Å². The van der Waals surface area contributed by atoms with Crippen LogP contribution in [0.1, 0.15) is 5.56 Å². The molecule has 4 heteroatoms. The number of fused-ring (bicyclic) bond motifs is 7. The van der Waals surface area contributed by atoms with Gasteiger partial charge in [-0.1, -0.05) is 66.7 Å². The highest BCUT2D eigenvalue weighted by atomic mass is 15.0. The summed E-state index contributed by atoms with van der Waals surface area (Å²) in [5.41, 5.74) is 6.03. The molecule has 0 atom stereocenters. The third kappa shape index (κ3) is 3.01. The average Bonchev–Trinajstić information content (AvgIpc) is 3.28. The van der Waals surface area contributed by atoms with Crippen molar-refractivity contribution in [1.29, 1.82) is 5.41 Å². The minimum atomic E-state index is 0.869. The zero-order chi connectivity index (χ0) is 24.1. The first-order valence-corrected chi connectivity index (χ1v) is 12.0. The monoisotopic (exact) mass is 462 g/mol. The van der Waals surface area contributed by atoms with Gasteiger partial charge in [-0.25, -0.2) is 0 Å². The van der Waals surface area contributed by atoms with Gasteiger partial charge in [-0.15, -0.1) is 0 Å². The van der Waals surface area contributed by atoms with Gasteiger partial charge in [0.25, 0.3) is 0 Å². The van der Waals surface area contributed by atoms with Crippen molar-refractivity contribution < 1.29 is 0 Å². The van der Waals surface area contributed by atoms with E-state index < -0.39 is 0 Å². The molecule has 2 aromatic heterocycles. The lowest BCUT2D eigenvalue weighted by Gasteiger charge is -2.12. The summed E-state index contributed by atoms with van der Waals surface area (Å²) < 4.78 is 2.32. The zero-order valence-electron chi connectivity index (χ0n) is 19.4. The van der Waals surface area contributed by atoms with E-state index in [0.717, 1.165) is 44.4 Å². The number of nitrogens with zero attached hydrogens (tertiary/aromatic N) is 2. The molecule has 4 nitrogen and oxygen atoms in total. The first-order valence-electron chi connectivity index (χ1n) is 12.0. The van der Waals surface area contributed by atoms with Crippen molar-refractivity contribution in [2.45, 2.75) is 0 Å². The summed E-state index contributed by atoms with van der Waals surface area (Å²) in [5.74, 6) is 0. The summed E-state index contributed by atoms with van der Waals surface area (Å²) in [6, 6.07) is 35.8. The highest BCUT2D eigenvalue weighted by molar-refractivity contribution is 6.28. The van der Waals surface area contributed by atoms with Gasteiger partial charge in [0.1, 0.15) is 0 Å². The molecule has 2 heterocycles. The van der Waals surface area contributed by atoms with Crippen LogP contribution >= 0.6 is 0 Å². The minimum absolute atomic E-state index is 0.869. The molecule has 170 valence electrons. The second kappa shape index (κ2) is 8.07. The normalized spacial score (nSPS) is 11.4. The third-order valence-corrected chi connectivity index (χ3v) is 6.96. The topological polar surface area (TPSA) is 53.7 Å². The summed E-state index contributed by atoms with van der Waals surface area (Å²) in [4.78, 5) is 4.26. The molecule has 0 radical (unpaired) electrons. The first-order chi connectivity index (χ1) is 17.8. The number of benzene rings is 5. The summed E-state index contributed by atoms with van der Waals surface area (Å²) in [6.07, 6.45) is 5.13. The van der Waals surface area contributed by atoms with Crippen LogP contribution in [0.15, 0.2) is 116 Å². The van der Waals surface area contributed by atoms with Crippen LogP contribution in [-0.4, -0.2) is 15.8 Å². The molecule has 0 amide bonds. The molecule has 0 aliphatic carbocycles. The molecule has 0 unspecified atom stereocenters. The summed E-state index contributed by atoms with van der Waals surface area (Å²) >= 11 is 0. The maximum atomic E-state index is 8.43. The van der Waals surface area contributed by atoms with E-state index in [2.05, 4.69) is 75.5 Å². The van der Waals surface area contributed by atoms with E-state index in [1.807, 2.05) is 54.9 Å². The van der Waals surface area contributed by atoms with Crippen LogP contribution in [0.25, 0.3) is 49.0 Å². The third-order valence-electron chi connectivity index (χ3n) is 6.96. The van der Waals surface area contributed by atoms with Crippen LogP contribution < -0.4 is 5.32 Å². The van der Waals surface area contributed by atoms with E-state index in [9.17, 15) is 0 Å². The second-order valence-corrected chi connectivity index (χ2v) is 8.94. The Morgan fingerprint density at radius 3 is 2.25 bits per heavy atom. The Kier molecular flexibility index (Phi) is 4.57. The molecule has 0 saturated carbocycles. The predicted octanol–water partition coefficient (Wildman–Crippen LogP) is 8.23. The van der Waals surface area contributed by atoms with Gasteiger partial charge in [0.05, 0.1) is 11.0 Å². The van der Waals surface area contributed by atoms with Gasteiger partial charge in [-0.3, -0.25) is 4.98 Å². The molecule has 2 N–H and O–H groups in total. The largest absolute Gasteiger partial charge is 0.355 e.